The lowest BCUT2D eigenvalue weighted by Gasteiger charge is -2.21. The van der Waals surface area contributed by atoms with Crippen LogP contribution in [0.4, 0.5) is 0 Å². The number of likely N-dealkylation sites (N-methyl/N-ethyl adjacent to an activating group) is 1. The van der Waals surface area contributed by atoms with Crippen molar-refractivity contribution in [2.45, 2.75) is 18.9 Å². The van der Waals surface area contributed by atoms with Crippen molar-refractivity contribution in [2.75, 3.05) is 26.8 Å². The molecule has 0 spiro atoms. The van der Waals surface area contributed by atoms with Crippen LogP contribution in [-0.2, 0) is 4.74 Å². The van der Waals surface area contributed by atoms with Gasteiger partial charge in [-0.1, -0.05) is 0 Å². The van der Waals surface area contributed by atoms with Crippen LogP contribution < -0.4 is 0 Å². The van der Waals surface area contributed by atoms with Crippen LogP contribution in [0.1, 0.15) is 12.8 Å². The molecule has 0 radical (unpaired) electrons. The normalized spacial score (nSPS) is 23.9. The second kappa shape index (κ2) is 4.38. The maximum Gasteiger partial charge on any atom is 0.0622 e. The molecule has 0 amide bonds. The van der Waals surface area contributed by atoms with E-state index in [9.17, 15) is 0 Å². The number of rotatable bonds is 3. The molecule has 1 heterocycles. The molecule has 1 aliphatic rings. The molecule has 1 rings (SSSR count). The Morgan fingerprint density at radius 3 is 3.09 bits per heavy atom. The molecule has 1 unspecified atom stereocenters. The lowest BCUT2D eigenvalue weighted by Crippen LogP contribution is -2.32. The van der Waals surface area contributed by atoms with Gasteiger partial charge in [-0.3, -0.25) is 0 Å². The molecule has 2 heteroatoms. The lowest BCUT2D eigenvalue weighted by molar-refractivity contribution is 0.160. The van der Waals surface area contributed by atoms with E-state index in [0.29, 0.717) is 6.04 Å². The van der Waals surface area contributed by atoms with E-state index in [4.69, 9.17) is 11.2 Å². The molecular weight excluding hydrogens is 138 g/mol. The standard InChI is InChI=1S/C9H15NO/c1-3-4-6-10(2)9-5-7-11-8-9/h1,9H,4-8H2,2H3. The maximum absolute atomic E-state index is 5.26. The Balaban J connectivity index is 2.18. The van der Waals surface area contributed by atoms with Gasteiger partial charge in [-0.15, -0.1) is 12.3 Å². The van der Waals surface area contributed by atoms with Gasteiger partial charge in [-0.25, -0.2) is 0 Å². The molecule has 0 bridgehead atoms. The zero-order valence-corrected chi connectivity index (χ0v) is 7.05. The second-order valence-electron chi connectivity index (χ2n) is 2.95. The van der Waals surface area contributed by atoms with Crippen molar-refractivity contribution in [3.8, 4) is 12.3 Å². The molecule has 0 aliphatic carbocycles. The summed E-state index contributed by atoms with van der Waals surface area (Å²) in [5, 5.41) is 0. The quantitative estimate of drug-likeness (QED) is 0.554. The van der Waals surface area contributed by atoms with Gasteiger partial charge in [-0.05, 0) is 13.5 Å². The third-order valence-corrected chi connectivity index (χ3v) is 2.14. The first-order chi connectivity index (χ1) is 5.34. The number of nitrogens with zero attached hydrogens (tertiary/aromatic N) is 1. The minimum absolute atomic E-state index is 0.600. The summed E-state index contributed by atoms with van der Waals surface area (Å²) in [6, 6.07) is 0.600. The first-order valence-corrected chi connectivity index (χ1v) is 4.06. The Hall–Kier alpha value is -0.520. The van der Waals surface area contributed by atoms with E-state index in [-0.39, 0.29) is 0 Å². The van der Waals surface area contributed by atoms with E-state index < -0.39 is 0 Å². The summed E-state index contributed by atoms with van der Waals surface area (Å²) < 4.78 is 5.26. The SMILES string of the molecule is C#CCCN(C)C1CCOC1. The van der Waals surface area contributed by atoms with Crippen LogP contribution in [0.25, 0.3) is 0 Å². The first kappa shape index (κ1) is 8.58. The minimum Gasteiger partial charge on any atom is -0.380 e. The zero-order chi connectivity index (χ0) is 8.10. The maximum atomic E-state index is 5.26. The fourth-order valence-corrected chi connectivity index (χ4v) is 1.29. The number of terminal acetylenes is 1. The number of hydrogen-bond acceptors (Lipinski definition) is 2. The molecule has 1 atom stereocenters. The fourth-order valence-electron chi connectivity index (χ4n) is 1.29. The predicted molar refractivity (Wildman–Crippen MR) is 45.3 cm³/mol. The van der Waals surface area contributed by atoms with Gasteiger partial charge >= 0.3 is 0 Å². The third kappa shape index (κ3) is 2.53. The van der Waals surface area contributed by atoms with E-state index >= 15 is 0 Å². The van der Waals surface area contributed by atoms with Gasteiger partial charge in [0, 0.05) is 25.6 Å². The largest absolute Gasteiger partial charge is 0.380 e. The van der Waals surface area contributed by atoms with E-state index in [0.717, 1.165) is 32.6 Å². The van der Waals surface area contributed by atoms with E-state index in [1.54, 1.807) is 0 Å². The van der Waals surface area contributed by atoms with Crippen LogP contribution in [0.5, 0.6) is 0 Å². The van der Waals surface area contributed by atoms with Crippen LogP contribution in [0.15, 0.2) is 0 Å². The van der Waals surface area contributed by atoms with Crippen molar-refractivity contribution in [3.05, 3.63) is 0 Å². The molecule has 0 N–H and O–H groups in total. The van der Waals surface area contributed by atoms with Crippen LogP contribution in [-0.4, -0.2) is 37.7 Å². The Labute approximate surface area is 68.5 Å². The van der Waals surface area contributed by atoms with Crippen molar-refractivity contribution >= 4 is 0 Å². The van der Waals surface area contributed by atoms with Crippen LogP contribution in [0.2, 0.25) is 0 Å². The monoisotopic (exact) mass is 153 g/mol. The molecule has 1 saturated heterocycles. The molecule has 1 fully saturated rings. The van der Waals surface area contributed by atoms with Gasteiger partial charge < -0.3 is 9.64 Å². The van der Waals surface area contributed by atoms with Crippen molar-refractivity contribution in [1.29, 1.82) is 0 Å². The van der Waals surface area contributed by atoms with Crippen LogP contribution >= 0.6 is 0 Å². The van der Waals surface area contributed by atoms with E-state index in [2.05, 4.69) is 17.9 Å². The third-order valence-electron chi connectivity index (χ3n) is 2.14. The van der Waals surface area contributed by atoms with Crippen molar-refractivity contribution in [2.24, 2.45) is 0 Å². The Bertz CT molecular complexity index is 144. The number of hydrogen-bond donors (Lipinski definition) is 0. The highest BCUT2D eigenvalue weighted by molar-refractivity contribution is 4.85. The van der Waals surface area contributed by atoms with Gasteiger partial charge in [0.05, 0.1) is 6.61 Å². The zero-order valence-electron chi connectivity index (χ0n) is 7.05. The molecular formula is C9H15NO. The Kier molecular flexibility index (Phi) is 3.41. The molecule has 0 saturated carbocycles. The molecule has 1 aliphatic heterocycles. The van der Waals surface area contributed by atoms with E-state index in [1.807, 2.05) is 0 Å². The molecule has 0 aromatic carbocycles. The van der Waals surface area contributed by atoms with Crippen molar-refractivity contribution in [1.82, 2.24) is 4.90 Å². The summed E-state index contributed by atoms with van der Waals surface area (Å²) in [4.78, 5) is 2.28. The summed E-state index contributed by atoms with van der Waals surface area (Å²) >= 11 is 0. The summed E-state index contributed by atoms with van der Waals surface area (Å²) in [5.41, 5.74) is 0. The minimum atomic E-state index is 0.600. The number of ether oxygens (including phenoxy) is 1. The summed E-state index contributed by atoms with van der Waals surface area (Å²) in [6.45, 7) is 2.77. The molecule has 0 aromatic heterocycles. The van der Waals surface area contributed by atoms with Gasteiger partial charge in [0.1, 0.15) is 0 Å². The summed E-state index contributed by atoms with van der Waals surface area (Å²) in [6.07, 6.45) is 7.16. The highest BCUT2D eigenvalue weighted by atomic mass is 16.5. The average Bonchev–Trinajstić information content (AvgIpc) is 2.52. The van der Waals surface area contributed by atoms with Crippen LogP contribution in [0, 0.1) is 12.3 Å². The molecule has 2 nitrogen and oxygen atoms in total. The smallest absolute Gasteiger partial charge is 0.0622 e. The molecule has 11 heavy (non-hydrogen) atoms. The Morgan fingerprint density at radius 2 is 2.55 bits per heavy atom. The predicted octanol–water partition coefficient (Wildman–Crippen LogP) is 0.730. The molecule has 62 valence electrons. The Morgan fingerprint density at radius 1 is 1.73 bits per heavy atom. The average molecular weight is 153 g/mol. The van der Waals surface area contributed by atoms with Crippen LogP contribution in [0.3, 0.4) is 0 Å². The van der Waals surface area contributed by atoms with Crippen molar-refractivity contribution < 1.29 is 4.74 Å². The van der Waals surface area contributed by atoms with Gasteiger partial charge in [0.2, 0.25) is 0 Å². The summed E-state index contributed by atoms with van der Waals surface area (Å²) in [7, 11) is 2.11. The highest BCUT2D eigenvalue weighted by Crippen LogP contribution is 2.10. The summed E-state index contributed by atoms with van der Waals surface area (Å²) in [5.74, 6) is 2.64. The van der Waals surface area contributed by atoms with Crippen molar-refractivity contribution in [3.63, 3.8) is 0 Å². The fraction of sp³-hybridized carbons (Fsp3) is 0.778. The van der Waals surface area contributed by atoms with Gasteiger partial charge in [0.15, 0.2) is 0 Å². The lowest BCUT2D eigenvalue weighted by atomic mass is 10.2. The van der Waals surface area contributed by atoms with E-state index in [1.165, 1.54) is 0 Å². The second-order valence-corrected chi connectivity index (χ2v) is 2.95. The molecule has 0 aromatic rings. The van der Waals surface area contributed by atoms with Gasteiger partial charge in [-0.2, -0.15) is 0 Å². The van der Waals surface area contributed by atoms with Gasteiger partial charge in [0.25, 0.3) is 0 Å². The highest BCUT2D eigenvalue weighted by Gasteiger charge is 2.18. The first-order valence-electron chi connectivity index (χ1n) is 4.06. The topological polar surface area (TPSA) is 12.5 Å².